The number of hydrogen-bond donors (Lipinski definition) is 1. The van der Waals surface area contributed by atoms with E-state index < -0.39 is 16.7 Å². The van der Waals surface area contributed by atoms with Gasteiger partial charge < -0.3 is 15.0 Å². The highest BCUT2D eigenvalue weighted by Crippen LogP contribution is 2.29. The van der Waals surface area contributed by atoms with Gasteiger partial charge in [-0.2, -0.15) is 0 Å². The standard InChI is InChI=1S/C18H17N3O5/c1-26-14-8-6-13(7-9-14)20-11-12(10-17(20)22)18(23)19-15-4-2-3-5-16(15)21(24)25/h2-9,12H,10-11H2,1H3,(H,19,23). The van der Waals surface area contributed by atoms with Crippen molar-refractivity contribution in [3.8, 4) is 5.75 Å². The molecule has 0 aliphatic carbocycles. The number of carbonyl (C=O) groups excluding carboxylic acids is 2. The van der Waals surface area contributed by atoms with Crippen LogP contribution in [0.2, 0.25) is 0 Å². The molecule has 2 aromatic carbocycles. The molecule has 134 valence electrons. The Kier molecular flexibility index (Phi) is 4.83. The van der Waals surface area contributed by atoms with Crippen LogP contribution < -0.4 is 15.0 Å². The minimum Gasteiger partial charge on any atom is -0.497 e. The van der Waals surface area contributed by atoms with Gasteiger partial charge in [0.2, 0.25) is 11.8 Å². The average molecular weight is 355 g/mol. The van der Waals surface area contributed by atoms with E-state index in [1.165, 1.54) is 23.1 Å². The molecule has 3 rings (SSSR count). The molecular weight excluding hydrogens is 338 g/mol. The Bertz CT molecular complexity index is 850. The molecule has 26 heavy (non-hydrogen) atoms. The lowest BCUT2D eigenvalue weighted by atomic mass is 10.1. The number of nitrogens with one attached hydrogen (secondary N) is 1. The molecule has 8 heteroatoms. The second-order valence-electron chi connectivity index (χ2n) is 5.87. The molecule has 0 bridgehead atoms. The smallest absolute Gasteiger partial charge is 0.292 e. The first-order valence-corrected chi connectivity index (χ1v) is 7.98. The fourth-order valence-corrected chi connectivity index (χ4v) is 2.87. The zero-order valence-electron chi connectivity index (χ0n) is 14.0. The molecule has 1 aliphatic rings. The number of anilines is 2. The van der Waals surface area contributed by atoms with Crippen LogP contribution in [-0.4, -0.2) is 30.4 Å². The first kappa shape index (κ1) is 17.4. The summed E-state index contributed by atoms with van der Waals surface area (Å²) in [5.74, 6) is -0.489. The number of benzene rings is 2. The van der Waals surface area contributed by atoms with E-state index in [0.717, 1.165) is 0 Å². The highest BCUT2D eigenvalue weighted by Gasteiger charge is 2.35. The topological polar surface area (TPSA) is 102 Å². The van der Waals surface area contributed by atoms with Gasteiger partial charge in [-0.25, -0.2) is 0 Å². The van der Waals surface area contributed by atoms with E-state index in [-0.39, 0.29) is 30.2 Å². The quantitative estimate of drug-likeness (QED) is 0.656. The molecule has 0 radical (unpaired) electrons. The summed E-state index contributed by atoms with van der Waals surface area (Å²) >= 11 is 0. The lowest BCUT2D eigenvalue weighted by Crippen LogP contribution is -2.28. The number of ether oxygens (including phenoxy) is 1. The Hall–Kier alpha value is -3.42. The van der Waals surface area contributed by atoms with E-state index in [0.29, 0.717) is 11.4 Å². The van der Waals surface area contributed by atoms with Crippen molar-refractivity contribution in [3.05, 3.63) is 58.6 Å². The van der Waals surface area contributed by atoms with Crippen molar-refractivity contribution in [2.45, 2.75) is 6.42 Å². The van der Waals surface area contributed by atoms with Crippen LogP contribution in [0.5, 0.6) is 5.75 Å². The summed E-state index contributed by atoms with van der Waals surface area (Å²) in [4.78, 5) is 36.8. The number of amides is 2. The van der Waals surface area contributed by atoms with Gasteiger partial charge in [0.1, 0.15) is 11.4 Å². The molecule has 2 aromatic rings. The van der Waals surface area contributed by atoms with Gasteiger partial charge in [-0.1, -0.05) is 12.1 Å². The van der Waals surface area contributed by atoms with Crippen molar-refractivity contribution in [1.29, 1.82) is 0 Å². The van der Waals surface area contributed by atoms with Crippen molar-refractivity contribution in [3.63, 3.8) is 0 Å². The SMILES string of the molecule is COc1ccc(N2CC(C(=O)Nc3ccccc3[N+](=O)[O-])CC2=O)cc1. The van der Waals surface area contributed by atoms with Crippen LogP contribution in [0, 0.1) is 16.0 Å². The van der Waals surface area contributed by atoms with Crippen LogP contribution in [0.25, 0.3) is 0 Å². The van der Waals surface area contributed by atoms with E-state index in [4.69, 9.17) is 4.74 Å². The van der Waals surface area contributed by atoms with E-state index in [1.54, 1.807) is 37.4 Å². The fraction of sp³-hybridized carbons (Fsp3) is 0.222. The van der Waals surface area contributed by atoms with Gasteiger partial charge in [0.25, 0.3) is 5.69 Å². The highest BCUT2D eigenvalue weighted by molar-refractivity contribution is 6.04. The lowest BCUT2D eigenvalue weighted by Gasteiger charge is -2.17. The van der Waals surface area contributed by atoms with Crippen LogP contribution in [0.15, 0.2) is 48.5 Å². The van der Waals surface area contributed by atoms with Gasteiger partial charge in [0.15, 0.2) is 0 Å². The van der Waals surface area contributed by atoms with E-state index in [2.05, 4.69) is 5.32 Å². The molecule has 0 aromatic heterocycles. The molecule has 1 heterocycles. The second-order valence-corrected chi connectivity index (χ2v) is 5.87. The zero-order chi connectivity index (χ0) is 18.7. The molecule has 1 atom stereocenters. The molecule has 8 nitrogen and oxygen atoms in total. The van der Waals surface area contributed by atoms with E-state index in [1.807, 2.05) is 0 Å². The number of para-hydroxylation sites is 2. The largest absolute Gasteiger partial charge is 0.497 e. The maximum atomic E-state index is 12.5. The summed E-state index contributed by atoms with van der Waals surface area (Å²) in [5.41, 5.74) is 0.617. The number of nitrogens with zero attached hydrogens (tertiary/aromatic N) is 2. The minimum atomic E-state index is -0.579. The third kappa shape index (κ3) is 3.49. The van der Waals surface area contributed by atoms with Crippen LogP contribution in [-0.2, 0) is 9.59 Å². The normalized spacial score (nSPS) is 16.4. The van der Waals surface area contributed by atoms with Crippen LogP contribution in [0.1, 0.15) is 6.42 Å². The summed E-state index contributed by atoms with van der Waals surface area (Å²) in [6.07, 6.45) is 0.0541. The number of carbonyl (C=O) groups is 2. The first-order chi connectivity index (χ1) is 12.5. The predicted octanol–water partition coefficient (Wildman–Crippen LogP) is 2.60. The molecule has 1 aliphatic heterocycles. The molecule has 1 fully saturated rings. The molecule has 0 saturated carbocycles. The lowest BCUT2D eigenvalue weighted by molar-refractivity contribution is -0.383. The monoisotopic (exact) mass is 355 g/mol. The first-order valence-electron chi connectivity index (χ1n) is 7.98. The maximum Gasteiger partial charge on any atom is 0.292 e. The molecule has 1 unspecified atom stereocenters. The molecule has 0 spiro atoms. The summed E-state index contributed by atoms with van der Waals surface area (Å²) in [6, 6.07) is 12.9. The van der Waals surface area contributed by atoms with E-state index >= 15 is 0 Å². The van der Waals surface area contributed by atoms with Crippen molar-refractivity contribution in [1.82, 2.24) is 0 Å². The van der Waals surface area contributed by atoms with Gasteiger partial charge in [-0.3, -0.25) is 19.7 Å². The Balaban J connectivity index is 1.72. The number of nitro groups is 1. The van der Waals surface area contributed by atoms with Gasteiger partial charge in [0.05, 0.1) is 18.0 Å². The highest BCUT2D eigenvalue weighted by atomic mass is 16.6. The fourth-order valence-electron chi connectivity index (χ4n) is 2.87. The van der Waals surface area contributed by atoms with E-state index in [9.17, 15) is 19.7 Å². The number of hydrogen-bond acceptors (Lipinski definition) is 5. The third-order valence-corrected chi connectivity index (χ3v) is 4.24. The van der Waals surface area contributed by atoms with Crippen LogP contribution in [0.3, 0.4) is 0 Å². The third-order valence-electron chi connectivity index (χ3n) is 4.24. The van der Waals surface area contributed by atoms with Crippen molar-refractivity contribution in [2.75, 3.05) is 23.9 Å². The minimum absolute atomic E-state index is 0.0541. The number of rotatable bonds is 5. The van der Waals surface area contributed by atoms with Gasteiger partial charge in [-0.15, -0.1) is 0 Å². The summed E-state index contributed by atoms with van der Waals surface area (Å²) < 4.78 is 5.09. The van der Waals surface area contributed by atoms with Gasteiger partial charge >= 0.3 is 0 Å². The van der Waals surface area contributed by atoms with Crippen molar-refractivity contribution in [2.24, 2.45) is 5.92 Å². The number of nitro benzene ring substituents is 1. The van der Waals surface area contributed by atoms with Crippen LogP contribution >= 0.6 is 0 Å². The Morgan fingerprint density at radius 2 is 1.92 bits per heavy atom. The maximum absolute atomic E-state index is 12.5. The van der Waals surface area contributed by atoms with Crippen molar-refractivity contribution < 1.29 is 19.2 Å². The number of methoxy groups -OCH3 is 1. The van der Waals surface area contributed by atoms with Gasteiger partial charge in [0, 0.05) is 24.7 Å². The molecule has 1 saturated heterocycles. The molecule has 1 N–H and O–H groups in total. The molecular formula is C18H17N3O5. The molecule has 2 amide bonds. The Morgan fingerprint density at radius 1 is 1.23 bits per heavy atom. The summed E-state index contributed by atoms with van der Waals surface area (Å²) in [6.45, 7) is 0.220. The predicted molar refractivity (Wildman–Crippen MR) is 95.2 cm³/mol. The summed E-state index contributed by atoms with van der Waals surface area (Å²) in [5, 5.41) is 13.6. The summed E-state index contributed by atoms with van der Waals surface area (Å²) in [7, 11) is 1.55. The van der Waals surface area contributed by atoms with Crippen LogP contribution in [0.4, 0.5) is 17.1 Å². The average Bonchev–Trinajstić information content (AvgIpc) is 3.04. The second kappa shape index (κ2) is 7.22. The Labute approximate surface area is 149 Å². The zero-order valence-corrected chi connectivity index (χ0v) is 14.0. The van der Waals surface area contributed by atoms with Gasteiger partial charge in [-0.05, 0) is 30.3 Å². The Morgan fingerprint density at radius 3 is 2.58 bits per heavy atom. The van der Waals surface area contributed by atoms with Crippen molar-refractivity contribution >= 4 is 28.9 Å².